The lowest BCUT2D eigenvalue weighted by Crippen LogP contribution is -2.27. The molecule has 1 unspecified atom stereocenters. The summed E-state index contributed by atoms with van der Waals surface area (Å²) in [6.07, 6.45) is 4.91. The first-order chi connectivity index (χ1) is 8.38. The predicted octanol–water partition coefficient (Wildman–Crippen LogP) is 3.96. The minimum absolute atomic E-state index is 0.615. The van der Waals surface area contributed by atoms with Crippen molar-refractivity contribution in [2.24, 2.45) is 0 Å². The zero-order valence-corrected chi connectivity index (χ0v) is 11.8. The van der Waals surface area contributed by atoms with Crippen LogP contribution in [0.5, 0.6) is 0 Å². The van der Waals surface area contributed by atoms with Gasteiger partial charge in [-0.25, -0.2) is 0 Å². The van der Waals surface area contributed by atoms with Gasteiger partial charge < -0.3 is 5.32 Å². The van der Waals surface area contributed by atoms with E-state index in [1.807, 2.05) is 11.3 Å². The highest BCUT2D eigenvalue weighted by molar-refractivity contribution is 7.09. The highest BCUT2D eigenvalue weighted by atomic mass is 32.1. The van der Waals surface area contributed by atoms with Crippen molar-refractivity contribution in [2.45, 2.75) is 31.7 Å². The number of thiophene rings is 2. The molecule has 2 heterocycles. The second-order valence-corrected chi connectivity index (χ2v) is 6.11. The second-order valence-electron chi connectivity index (χ2n) is 4.29. The zero-order chi connectivity index (χ0) is 11.9. The van der Waals surface area contributed by atoms with E-state index in [2.05, 4.69) is 46.7 Å². The van der Waals surface area contributed by atoms with Gasteiger partial charge in [0.15, 0.2) is 0 Å². The number of aryl methyl sites for hydroxylation is 1. The fourth-order valence-corrected chi connectivity index (χ4v) is 3.45. The first-order valence-electron chi connectivity index (χ1n) is 6.09. The van der Waals surface area contributed by atoms with Gasteiger partial charge in [-0.15, -0.1) is 11.3 Å². The van der Waals surface area contributed by atoms with Crippen LogP contribution in [0.1, 0.15) is 23.3 Å². The smallest absolute Gasteiger partial charge is 0.0105 e. The van der Waals surface area contributed by atoms with Crippen LogP contribution >= 0.6 is 22.7 Å². The maximum Gasteiger partial charge on any atom is 0.0105 e. The molecule has 0 saturated carbocycles. The Bertz CT molecular complexity index is 392. The lowest BCUT2D eigenvalue weighted by Gasteiger charge is -2.14. The van der Waals surface area contributed by atoms with Crippen LogP contribution in [0, 0.1) is 0 Å². The Balaban J connectivity index is 1.72. The first kappa shape index (κ1) is 12.8. The molecule has 1 N–H and O–H groups in total. The van der Waals surface area contributed by atoms with Crippen molar-refractivity contribution in [2.75, 3.05) is 7.05 Å². The van der Waals surface area contributed by atoms with E-state index in [-0.39, 0.29) is 0 Å². The van der Waals surface area contributed by atoms with Gasteiger partial charge >= 0.3 is 0 Å². The van der Waals surface area contributed by atoms with E-state index in [1.165, 1.54) is 29.7 Å². The summed E-state index contributed by atoms with van der Waals surface area (Å²) in [5, 5.41) is 10.0. The van der Waals surface area contributed by atoms with Crippen molar-refractivity contribution in [3.63, 3.8) is 0 Å². The van der Waals surface area contributed by atoms with Crippen LogP contribution in [0.2, 0.25) is 0 Å². The van der Waals surface area contributed by atoms with Crippen molar-refractivity contribution in [3.8, 4) is 0 Å². The van der Waals surface area contributed by atoms with Crippen LogP contribution in [0.4, 0.5) is 0 Å². The minimum Gasteiger partial charge on any atom is -0.317 e. The molecule has 0 bridgehead atoms. The van der Waals surface area contributed by atoms with Gasteiger partial charge in [0.25, 0.3) is 0 Å². The molecule has 0 fully saturated rings. The molecule has 2 aromatic heterocycles. The van der Waals surface area contributed by atoms with Gasteiger partial charge in [-0.2, -0.15) is 11.3 Å². The third-order valence-electron chi connectivity index (χ3n) is 3.03. The number of hydrogen-bond donors (Lipinski definition) is 1. The largest absolute Gasteiger partial charge is 0.317 e. The van der Waals surface area contributed by atoms with E-state index in [0.717, 1.165) is 6.42 Å². The third-order valence-corrected chi connectivity index (χ3v) is 4.69. The Morgan fingerprint density at radius 2 is 2.24 bits per heavy atom. The van der Waals surface area contributed by atoms with Gasteiger partial charge in [0.2, 0.25) is 0 Å². The molecule has 3 heteroatoms. The molecule has 0 aromatic carbocycles. The predicted molar refractivity (Wildman–Crippen MR) is 78.1 cm³/mol. The van der Waals surface area contributed by atoms with Crippen molar-refractivity contribution in [3.05, 3.63) is 44.8 Å². The molecule has 0 aliphatic heterocycles. The Labute approximate surface area is 112 Å². The Morgan fingerprint density at radius 3 is 2.88 bits per heavy atom. The number of likely N-dealkylation sites (N-methyl/N-ethyl adjacent to an activating group) is 1. The monoisotopic (exact) mass is 265 g/mol. The van der Waals surface area contributed by atoms with Crippen LogP contribution in [-0.4, -0.2) is 13.1 Å². The van der Waals surface area contributed by atoms with Crippen molar-refractivity contribution < 1.29 is 0 Å². The fraction of sp³-hybridized carbons (Fsp3) is 0.429. The molecule has 1 nitrogen and oxygen atoms in total. The zero-order valence-electron chi connectivity index (χ0n) is 10.2. The van der Waals surface area contributed by atoms with E-state index >= 15 is 0 Å². The molecule has 0 spiro atoms. The van der Waals surface area contributed by atoms with Gasteiger partial charge in [0.1, 0.15) is 0 Å². The molecular weight excluding hydrogens is 246 g/mol. The van der Waals surface area contributed by atoms with E-state index in [1.54, 1.807) is 11.3 Å². The molecule has 1 atom stereocenters. The summed E-state index contributed by atoms with van der Waals surface area (Å²) in [6, 6.07) is 7.22. The summed E-state index contributed by atoms with van der Waals surface area (Å²) in [6.45, 7) is 0. The van der Waals surface area contributed by atoms with Crippen molar-refractivity contribution in [1.82, 2.24) is 5.32 Å². The lowest BCUT2D eigenvalue weighted by atomic mass is 10.0. The molecule has 17 heavy (non-hydrogen) atoms. The summed E-state index contributed by atoms with van der Waals surface area (Å²) in [7, 11) is 2.07. The SMILES string of the molecule is CNC(CCCc1cccs1)Cc1ccsc1. The summed E-state index contributed by atoms with van der Waals surface area (Å²) < 4.78 is 0. The Kier molecular flexibility index (Phi) is 5.23. The maximum atomic E-state index is 3.43. The third kappa shape index (κ3) is 4.26. The van der Waals surface area contributed by atoms with Crippen LogP contribution in [0.15, 0.2) is 34.3 Å². The standard InChI is InChI=1S/C14H19NS2/c1-15-13(10-12-7-9-16-11-12)4-2-5-14-6-3-8-17-14/h3,6-9,11,13,15H,2,4-5,10H2,1H3. The second kappa shape index (κ2) is 6.94. The highest BCUT2D eigenvalue weighted by Crippen LogP contribution is 2.15. The van der Waals surface area contributed by atoms with Gasteiger partial charge in [0, 0.05) is 10.9 Å². The van der Waals surface area contributed by atoms with Crippen LogP contribution in [-0.2, 0) is 12.8 Å². The molecular formula is C14H19NS2. The van der Waals surface area contributed by atoms with Crippen molar-refractivity contribution >= 4 is 22.7 Å². The number of hydrogen-bond acceptors (Lipinski definition) is 3. The van der Waals surface area contributed by atoms with E-state index in [0.29, 0.717) is 6.04 Å². The van der Waals surface area contributed by atoms with E-state index < -0.39 is 0 Å². The summed E-state index contributed by atoms with van der Waals surface area (Å²) in [4.78, 5) is 1.51. The molecule has 92 valence electrons. The lowest BCUT2D eigenvalue weighted by molar-refractivity contribution is 0.503. The summed E-state index contributed by atoms with van der Waals surface area (Å²) >= 11 is 3.66. The topological polar surface area (TPSA) is 12.0 Å². The molecule has 0 saturated heterocycles. The maximum absolute atomic E-state index is 3.43. The first-order valence-corrected chi connectivity index (χ1v) is 7.91. The van der Waals surface area contributed by atoms with E-state index in [9.17, 15) is 0 Å². The number of rotatable bonds is 7. The molecule has 2 rings (SSSR count). The van der Waals surface area contributed by atoms with Crippen molar-refractivity contribution in [1.29, 1.82) is 0 Å². The summed E-state index contributed by atoms with van der Waals surface area (Å²) in [5.41, 5.74) is 1.46. The minimum atomic E-state index is 0.615. The number of nitrogens with one attached hydrogen (secondary N) is 1. The normalized spacial score (nSPS) is 12.8. The van der Waals surface area contributed by atoms with E-state index in [4.69, 9.17) is 0 Å². The van der Waals surface area contributed by atoms with Gasteiger partial charge in [0.05, 0.1) is 0 Å². The molecule has 0 radical (unpaired) electrons. The fourth-order valence-electron chi connectivity index (χ4n) is 2.02. The van der Waals surface area contributed by atoms with Gasteiger partial charge in [-0.05, 0) is 66.6 Å². The average molecular weight is 265 g/mol. The molecule has 0 amide bonds. The Hall–Kier alpha value is -0.640. The van der Waals surface area contributed by atoms with Crippen LogP contribution in [0.25, 0.3) is 0 Å². The molecule has 2 aromatic rings. The van der Waals surface area contributed by atoms with Gasteiger partial charge in [-0.1, -0.05) is 6.07 Å². The summed E-state index contributed by atoms with van der Waals surface area (Å²) in [5.74, 6) is 0. The quantitative estimate of drug-likeness (QED) is 0.799. The molecule has 0 aliphatic carbocycles. The molecule has 0 aliphatic rings. The van der Waals surface area contributed by atoms with Crippen LogP contribution in [0.3, 0.4) is 0 Å². The van der Waals surface area contributed by atoms with Gasteiger partial charge in [-0.3, -0.25) is 0 Å². The van der Waals surface area contributed by atoms with Crippen LogP contribution < -0.4 is 5.32 Å². The Morgan fingerprint density at radius 1 is 1.29 bits per heavy atom. The average Bonchev–Trinajstić information content (AvgIpc) is 3.00. The highest BCUT2D eigenvalue weighted by Gasteiger charge is 2.07.